The Labute approximate surface area is 151 Å². The van der Waals surface area contributed by atoms with Gasteiger partial charge < -0.3 is 4.90 Å². The lowest BCUT2D eigenvalue weighted by Gasteiger charge is -2.25. The Morgan fingerprint density at radius 1 is 1.15 bits per heavy atom. The standard InChI is InChI=1S/C18H14N4O3S/c23-17-16(10-13-5-4-8-15(9-13)22(24)25)26-18-19-11-20(12-21(17)18)14-6-2-1-3-7-14/h1-10H,11-12H2. The number of aromatic nitrogens is 1. The van der Waals surface area contributed by atoms with Crippen molar-refractivity contribution in [3.63, 3.8) is 0 Å². The highest BCUT2D eigenvalue weighted by Gasteiger charge is 2.15. The van der Waals surface area contributed by atoms with Crippen LogP contribution in [0.1, 0.15) is 5.56 Å². The highest BCUT2D eigenvalue weighted by molar-refractivity contribution is 7.07. The predicted octanol–water partition coefficient (Wildman–Crippen LogP) is 1.70. The lowest BCUT2D eigenvalue weighted by Crippen LogP contribution is -2.42. The third kappa shape index (κ3) is 3.02. The molecule has 2 aromatic carbocycles. The number of nitro benzene ring substituents is 1. The second kappa shape index (κ2) is 6.57. The minimum Gasteiger partial charge on any atom is -0.334 e. The molecule has 0 amide bonds. The molecule has 1 aliphatic heterocycles. The van der Waals surface area contributed by atoms with Crippen LogP contribution in [0.15, 0.2) is 64.4 Å². The number of para-hydroxylation sites is 1. The summed E-state index contributed by atoms with van der Waals surface area (Å²) in [5.41, 5.74) is 1.49. The zero-order chi connectivity index (χ0) is 18.1. The van der Waals surface area contributed by atoms with Gasteiger partial charge in [0.25, 0.3) is 11.2 Å². The summed E-state index contributed by atoms with van der Waals surface area (Å²) in [6.45, 7) is 0.918. The lowest BCUT2D eigenvalue weighted by atomic mass is 10.2. The van der Waals surface area contributed by atoms with Gasteiger partial charge in [0.05, 0.1) is 9.46 Å². The third-order valence-corrected chi connectivity index (χ3v) is 5.12. The van der Waals surface area contributed by atoms with Crippen molar-refractivity contribution in [3.8, 4) is 0 Å². The highest BCUT2D eigenvalue weighted by atomic mass is 32.1. The van der Waals surface area contributed by atoms with Crippen LogP contribution in [0.3, 0.4) is 0 Å². The second-order valence-corrected chi connectivity index (χ2v) is 6.80. The first-order valence-corrected chi connectivity index (χ1v) is 8.74. The Kier molecular flexibility index (Phi) is 4.10. The number of benzene rings is 2. The van der Waals surface area contributed by atoms with Crippen LogP contribution in [0.5, 0.6) is 0 Å². The van der Waals surface area contributed by atoms with Gasteiger partial charge in [0.2, 0.25) is 0 Å². The van der Waals surface area contributed by atoms with Gasteiger partial charge in [0.1, 0.15) is 13.3 Å². The average molecular weight is 366 g/mol. The molecule has 4 rings (SSSR count). The number of nitrogens with zero attached hydrogens (tertiary/aromatic N) is 4. The maximum Gasteiger partial charge on any atom is 0.271 e. The van der Waals surface area contributed by atoms with Gasteiger partial charge in [-0.1, -0.05) is 41.7 Å². The largest absolute Gasteiger partial charge is 0.334 e. The van der Waals surface area contributed by atoms with E-state index in [4.69, 9.17) is 0 Å². The van der Waals surface area contributed by atoms with E-state index in [9.17, 15) is 14.9 Å². The molecule has 0 radical (unpaired) electrons. The van der Waals surface area contributed by atoms with Crippen LogP contribution in [0.4, 0.5) is 11.4 Å². The number of fused-ring (bicyclic) bond motifs is 1. The zero-order valence-electron chi connectivity index (χ0n) is 13.6. The molecule has 3 aromatic rings. The normalized spacial score (nSPS) is 14.0. The van der Waals surface area contributed by atoms with Crippen LogP contribution in [-0.4, -0.2) is 16.2 Å². The molecule has 0 bridgehead atoms. The fourth-order valence-electron chi connectivity index (χ4n) is 2.79. The van der Waals surface area contributed by atoms with E-state index in [1.165, 1.54) is 23.5 Å². The van der Waals surface area contributed by atoms with Crippen molar-refractivity contribution in [1.82, 2.24) is 4.57 Å². The maximum atomic E-state index is 12.7. The molecule has 0 fully saturated rings. The molecular weight excluding hydrogens is 352 g/mol. The third-order valence-electron chi connectivity index (χ3n) is 4.08. The Morgan fingerprint density at radius 2 is 1.96 bits per heavy atom. The van der Waals surface area contributed by atoms with E-state index in [2.05, 4.69) is 4.99 Å². The van der Waals surface area contributed by atoms with Gasteiger partial charge in [-0.05, 0) is 23.8 Å². The number of non-ortho nitro benzene ring substituents is 1. The van der Waals surface area contributed by atoms with E-state index in [0.717, 1.165) is 5.69 Å². The number of nitro groups is 1. The van der Waals surface area contributed by atoms with Crippen LogP contribution < -0.4 is 19.8 Å². The summed E-state index contributed by atoms with van der Waals surface area (Å²) < 4.78 is 2.14. The Morgan fingerprint density at radius 3 is 2.73 bits per heavy atom. The molecule has 0 saturated heterocycles. The van der Waals surface area contributed by atoms with E-state index < -0.39 is 4.92 Å². The molecular formula is C18H14N4O3S. The highest BCUT2D eigenvalue weighted by Crippen LogP contribution is 2.15. The first kappa shape index (κ1) is 16.2. The molecule has 1 aliphatic rings. The molecule has 2 heterocycles. The molecule has 8 heteroatoms. The van der Waals surface area contributed by atoms with E-state index in [-0.39, 0.29) is 11.2 Å². The van der Waals surface area contributed by atoms with E-state index in [0.29, 0.717) is 28.2 Å². The van der Waals surface area contributed by atoms with Gasteiger partial charge in [-0.25, -0.2) is 4.99 Å². The van der Waals surface area contributed by atoms with Crippen molar-refractivity contribution in [1.29, 1.82) is 0 Å². The lowest BCUT2D eigenvalue weighted by molar-refractivity contribution is -0.384. The molecule has 0 aliphatic carbocycles. The molecule has 0 saturated carbocycles. The van der Waals surface area contributed by atoms with Crippen molar-refractivity contribution in [2.75, 3.05) is 11.6 Å². The van der Waals surface area contributed by atoms with Gasteiger partial charge in [-0.15, -0.1) is 0 Å². The zero-order valence-corrected chi connectivity index (χ0v) is 14.4. The monoisotopic (exact) mass is 366 g/mol. The first-order valence-electron chi connectivity index (χ1n) is 7.92. The molecule has 0 atom stereocenters. The minimum atomic E-state index is -0.448. The van der Waals surface area contributed by atoms with Crippen LogP contribution in [0.25, 0.3) is 6.08 Å². The Hall–Kier alpha value is -3.26. The molecule has 0 spiro atoms. The average Bonchev–Trinajstić information content (AvgIpc) is 2.98. The first-order chi connectivity index (χ1) is 12.6. The summed E-state index contributed by atoms with van der Waals surface area (Å²) in [5, 5.41) is 10.9. The fraction of sp³-hybridized carbons (Fsp3) is 0.111. The van der Waals surface area contributed by atoms with Crippen LogP contribution in [-0.2, 0) is 6.67 Å². The van der Waals surface area contributed by atoms with Crippen molar-refractivity contribution in [3.05, 3.63) is 90.0 Å². The molecule has 0 N–H and O–H groups in total. The van der Waals surface area contributed by atoms with Gasteiger partial charge in [0, 0.05) is 17.8 Å². The summed E-state index contributed by atoms with van der Waals surface area (Å²) in [7, 11) is 0. The summed E-state index contributed by atoms with van der Waals surface area (Å²) >= 11 is 1.30. The number of rotatable bonds is 3. The summed E-state index contributed by atoms with van der Waals surface area (Å²) in [4.78, 5) is 30.4. The van der Waals surface area contributed by atoms with Gasteiger partial charge in [-0.3, -0.25) is 19.5 Å². The van der Waals surface area contributed by atoms with Crippen molar-refractivity contribution < 1.29 is 4.92 Å². The molecule has 26 heavy (non-hydrogen) atoms. The van der Waals surface area contributed by atoms with Crippen molar-refractivity contribution >= 4 is 28.8 Å². The predicted molar refractivity (Wildman–Crippen MR) is 99.8 cm³/mol. The SMILES string of the molecule is O=c1c(=Cc2cccc([N+](=O)[O-])c2)sc2n1CN(c1ccccc1)CN=2. The van der Waals surface area contributed by atoms with Crippen LogP contribution in [0, 0.1) is 10.1 Å². The molecule has 1 aromatic heterocycles. The maximum absolute atomic E-state index is 12.7. The summed E-state index contributed by atoms with van der Waals surface area (Å²) in [5.74, 6) is 0. The Bertz CT molecular complexity index is 1150. The molecule has 0 unspecified atom stereocenters. The van der Waals surface area contributed by atoms with Gasteiger partial charge in [0.15, 0.2) is 4.80 Å². The number of hydrogen-bond acceptors (Lipinski definition) is 6. The number of thiazole rings is 1. The second-order valence-electron chi connectivity index (χ2n) is 5.79. The quantitative estimate of drug-likeness (QED) is 0.522. The number of anilines is 1. The van der Waals surface area contributed by atoms with Crippen molar-refractivity contribution in [2.24, 2.45) is 4.99 Å². The molecule has 7 nitrogen and oxygen atoms in total. The smallest absolute Gasteiger partial charge is 0.271 e. The fourth-order valence-corrected chi connectivity index (χ4v) is 3.76. The Balaban J connectivity index is 1.72. The molecule has 130 valence electrons. The summed E-state index contributed by atoms with van der Waals surface area (Å²) in [6, 6.07) is 16.0. The van der Waals surface area contributed by atoms with Crippen LogP contribution in [0.2, 0.25) is 0 Å². The van der Waals surface area contributed by atoms with Crippen molar-refractivity contribution in [2.45, 2.75) is 6.67 Å². The van der Waals surface area contributed by atoms with E-state index in [1.807, 2.05) is 35.2 Å². The van der Waals surface area contributed by atoms with Crippen LogP contribution >= 0.6 is 11.3 Å². The number of hydrogen-bond donors (Lipinski definition) is 0. The van der Waals surface area contributed by atoms with E-state index >= 15 is 0 Å². The summed E-state index contributed by atoms with van der Waals surface area (Å²) in [6.07, 6.45) is 1.67. The van der Waals surface area contributed by atoms with E-state index in [1.54, 1.807) is 22.8 Å². The minimum absolute atomic E-state index is 0.000103. The topological polar surface area (TPSA) is 80.7 Å². The van der Waals surface area contributed by atoms with Gasteiger partial charge in [-0.2, -0.15) is 0 Å². The van der Waals surface area contributed by atoms with Gasteiger partial charge >= 0.3 is 0 Å².